The quantitative estimate of drug-likeness (QED) is 0.297. The van der Waals surface area contributed by atoms with Gasteiger partial charge >= 0.3 is 0 Å². The van der Waals surface area contributed by atoms with Crippen LogP contribution in [0.25, 0.3) is 0 Å². The van der Waals surface area contributed by atoms with Crippen LogP contribution in [0.2, 0.25) is 0 Å². The van der Waals surface area contributed by atoms with Gasteiger partial charge in [-0.2, -0.15) is 0 Å². The van der Waals surface area contributed by atoms with Crippen LogP contribution in [-0.4, -0.2) is 24.7 Å². The van der Waals surface area contributed by atoms with Crippen molar-refractivity contribution in [1.82, 2.24) is 5.32 Å². The van der Waals surface area contributed by atoms with Crippen LogP contribution in [0.4, 0.5) is 0 Å². The number of benzene rings is 1. The standard InChI is InChI=1S/C16H25N3O2/c1-3-6-16(7-8-16)11-18-10-13-9-12(15(17)19-20)4-5-14(13)21-2/h4-5,9,18,20H,3,6-8,10-11H2,1-2H3,(H2,17,19). The fourth-order valence-electron chi connectivity index (χ4n) is 2.82. The average molecular weight is 291 g/mol. The maximum Gasteiger partial charge on any atom is 0.170 e. The van der Waals surface area contributed by atoms with Crippen LogP contribution in [0.15, 0.2) is 23.4 Å². The van der Waals surface area contributed by atoms with Crippen LogP contribution in [0.3, 0.4) is 0 Å². The number of nitrogens with zero attached hydrogens (tertiary/aromatic N) is 1. The molecule has 1 aliphatic rings. The Labute approximate surface area is 126 Å². The van der Waals surface area contributed by atoms with Gasteiger partial charge in [0.1, 0.15) is 5.75 Å². The molecule has 5 heteroatoms. The Morgan fingerprint density at radius 2 is 2.24 bits per heavy atom. The zero-order valence-corrected chi connectivity index (χ0v) is 12.9. The van der Waals surface area contributed by atoms with Crippen molar-refractivity contribution in [3.8, 4) is 5.75 Å². The summed E-state index contributed by atoms with van der Waals surface area (Å²) in [6.45, 7) is 4.00. The van der Waals surface area contributed by atoms with Crippen LogP contribution in [0, 0.1) is 5.41 Å². The first-order chi connectivity index (χ1) is 10.1. The molecule has 0 spiro atoms. The Kier molecular flexibility index (Phi) is 5.07. The van der Waals surface area contributed by atoms with Gasteiger partial charge in [0.2, 0.25) is 0 Å². The van der Waals surface area contributed by atoms with Gasteiger partial charge in [0, 0.05) is 24.2 Å². The predicted octanol–water partition coefficient (Wildman–Crippen LogP) is 2.46. The topological polar surface area (TPSA) is 79.9 Å². The van der Waals surface area contributed by atoms with Crippen LogP contribution >= 0.6 is 0 Å². The Hall–Kier alpha value is -1.75. The smallest absolute Gasteiger partial charge is 0.170 e. The summed E-state index contributed by atoms with van der Waals surface area (Å²) in [5.74, 6) is 0.931. The molecule has 0 saturated heterocycles. The lowest BCUT2D eigenvalue weighted by Gasteiger charge is -2.16. The third kappa shape index (κ3) is 3.88. The van der Waals surface area contributed by atoms with Gasteiger partial charge in [0.05, 0.1) is 7.11 Å². The summed E-state index contributed by atoms with van der Waals surface area (Å²) in [4.78, 5) is 0. The molecular weight excluding hydrogens is 266 g/mol. The number of oxime groups is 1. The molecule has 0 aliphatic heterocycles. The minimum absolute atomic E-state index is 0.114. The van der Waals surface area contributed by atoms with E-state index in [0.717, 1.165) is 24.4 Å². The van der Waals surface area contributed by atoms with Crippen molar-refractivity contribution in [1.29, 1.82) is 0 Å². The van der Waals surface area contributed by atoms with E-state index in [1.165, 1.54) is 25.7 Å². The lowest BCUT2D eigenvalue weighted by Crippen LogP contribution is -2.24. The molecule has 1 fully saturated rings. The van der Waals surface area contributed by atoms with E-state index in [-0.39, 0.29) is 5.84 Å². The zero-order valence-electron chi connectivity index (χ0n) is 12.9. The van der Waals surface area contributed by atoms with E-state index in [0.29, 0.717) is 11.0 Å². The summed E-state index contributed by atoms with van der Waals surface area (Å²) in [7, 11) is 1.65. The number of nitrogens with one attached hydrogen (secondary N) is 1. The van der Waals surface area contributed by atoms with Crippen LogP contribution in [-0.2, 0) is 6.54 Å². The average Bonchev–Trinajstić information content (AvgIpc) is 3.26. The molecule has 0 atom stereocenters. The molecule has 5 nitrogen and oxygen atoms in total. The fraction of sp³-hybridized carbons (Fsp3) is 0.562. The summed E-state index contributed by atoms with van der Waals surface area (Å²) < 4.78 is 5.38. The predicted molar refractivity (Wildman–Crippen MR) is 83.8 cm³/mol. The number of ether oxygens (including phenoxy) is 1. The molecule has 1 aromatic rings. The summed E-state index contributed by atoms with van der Waals surface area (Å²) >= 11 is 0. The highest BCUT2D eigenvalue weighted by atomic mass is 16.5. The second kappa shape index (κ2) is 6.80. The minimum atomic E-state index is 0.114. The highest BCUT2D eigenvalue weighted by molar-refractivity contribution is 5.97. The summed E-state index contributed by atoms with van der Waals surface area (Å²) in [5.41, 5.74) is 7.88. The Morgan fingerprint density at radius 3 is 2.81 bits per heavy atom. The van der Waals surface area contributed by atoms with Crippen molar-refractivity contribution < 1.29 is 9.94 Å². The van der Waals surface area contributed by atoms with Crippen molar-refractivity contribution in [2.24, 2.45) is 16.3 Å². The highest BCUT2D eigenvalue weighted by Crippen LogP contribution is 2.48. The molecule has 116 valence electrons. The minimum Gasteiger partial charge on any atom is -0.496 e. The monoisotopic (exact) mass is 291 g/mol. The number of hydrogen-bond acceptors (Lipinski definition) is 4. The molecule has 0 radical (unpaired) electrons. The van der Waals surface area contributed by atoms with Crippen molar-refractivity contribution in [2.75, 3.05) is 13.7 Å². The van der Waals surface area contributed by atoms with Gasteiger partial charge in [-0.05, 0) is 42.9 Å². The molecule has 0 amide bonds. The van der Waals surface area contributed by atoms with Crippen LogP contribution in [0.5, 0.6) is 5.75 Å². The maximum atomic E-state index is 8.77. The van der Waals surface area contributed by atoms with Crippen molar-refractivity contribution in [3.63, 3.8) is 0 Å². The van der Waals surface area contributed by atoms with Gasteiger partial charge in [-0.25, -0.2) is 0 Å². The first kappa shape index (κ1) is 15.6. The van der Waals surface area contributed by atoms with Gasteiger partial charge in [-0.15, -0.1) is 0 Å². The first-order valence-electron chi connectivity index (χ1n) is 7.49. The van der Waals surface area contributed by atoms with Gasteiger partial charge < -0.3 is 21.0 Å². The summed E-state index contributed by atoms with van der Waals surface area (Å²) in [6.07, 6.45) is 5.19. The van der Waals surface area contributed by atoms with Crippen molar-refractivity contribution in [2.45, 2.75) is 39.2 Å². The number of methoxy groups -OCH3 is 1. The van der Waals surface area contributed by atoms with Crippen molar-refractivity contribution in [3.05, 3.63) is 29.3 Å². The van der Waals surface area contributed by atoms with Gasteiger partial charge in [-0.1, -0.05) is 18.5 Å². The molecule has 0 bridgehead atoms. The lowest BCUT2D eigenvalue weighted by atomic mass is 10.0. The molecule has 1 saturated carbocycles. The number of rotatable bonds is 8. The van der Waals surface area contributed by atoms with E-state index in [1.54, 1.807) is 13.2 Å². The lowest BCUT2D eigenvalue weighted by molar-refractivity contribution is 0.318. The molecule has 0 unspecified atom stereocenters. The second-order valence-electron chi connectivity index (χ2n) is 5.87. The molecule has 2 rings (SSSR count). The molecular formula is C16H25N3O2. The fourth-order valence-corrected chi connectivity index (χ4v) is 2.82. The van der Waals surface area contributed by atoms with Gasteiger partial charge in [-0.3, -0.25) is 0 Å². The van der Waals surface area contributed by atoms with Crippen molar-refractivity contribution >= 4 is 5.84 Å². The molecule has 4 N–H and O–H groups in total. The van der Waals surface area contributed by atoms with E-state index in [4.69, 9.17) is 15.7 Å². The second-order valence-corrected chi connectivity index (χ2v) is 5.87. The SMILES string of the molecule is CCCC1(CNCc2cc(/C(N)=N/O)ccc2OC)CC1. The largest absolute Gasteiger partial charge is 0.496 e. The summed E-state index contributed by atoms with van der Waals surface area (Å²) in [5, 5.41) is 15.3. The molecule has 0 heterocycles. The van der Waals surface area contributed by atoms with E-state index >= 15 is 0 Å². The molecule has 21 heavy (non-hydrogen) atoms. The van der Waals surface area contributed by atoms with Crippen LogP contribution in [0.1, 0.15) is 43.7 Å². The molecule has 1 aromatic carbocycles. The van der Waals surface area contributed by atoms with E-state index in [2.05, 4.69) is 17.4 Å². The highest BCUT2D eigenvalue weighted by Gasteiger charge is 2.40. The van der Waals surface area contributed by atoms with E-state index in [9.17, 15) is 0 Å². The first-order valence-corrected chi connectivity index (χ1v) is 7.49. The molecule has 1 aliphatic carbocycles. The number of nitrogens with two attached hydrogens (primary N) is 1. The third-order valence-electron chi connectivity index (χ3n) is 4.24. The van der Waals surface area contributed by atoms with Gasteiger partial charge in [0.25, 0.3) is 0 Å². The Bertz CT molecular complexity index is 510. The number of hydrogen-bond donors (Lipinski definition) is 3. The molecule has 0 aromatic heterocycles. The Balaban J connectivity index is 2.01. The maximum absolute atomic E-state index is 8.77. The summed E-state index contributed by atoms with van der Waals surface area (Å²) in [6, 6.07) is 5.54. The third-order valence-corrected chi connectivity index (χ3v) is 4.24. The van der Waals surface area contributed by atoms with Crippen LogP contribution < -0.4 is 15.8 Å². The Morgan fingerprint density at radius 1 is 1.48 bits per heavy atom. The van der Waals surface area contributed by atoms with E-state index in [1.807, 2.05) is 12.1 Å². The normalized spacial score (nSPS) is 16.8. The zero-order chi connectivity index (χ0) is 15.3. The van der Waals surface area contributed by atoms with Gasteiger partial charge in [0.15, 0.2) is 5.84 Å². The van der Waals surface area contributed by atoms with E-state index < -0.39 is 0 Å². The number of amidine groups is 1.